The topological polar surface area (TPSA) is 65.1 Å². The standard InChI is InChI=1S/C16H18BrNO5/c1-4-10-7-11(5-6-13(10)17)18-9-23-8-12(15(19)21-2)14(18)16(20)22-3/h5-7H,4,8-9H2,1-3H3. The average molecular weight is 384 g/mol. The Hall–Kier alpha value is -1.86. The number of aryl methyl sites for hydroxylation is 1. The Labute approximate surface area is 143 Å². The molecular formula is C16H18BrNO5. The van der Waals surface area contributed by atoms with Gasteiger partial charge in [-0.3, -0.25) is 0 Å². The molecule has 6 nitrogen and oxygen atoms in total. The van der Waals surface area contributed by atoms with Crippen LogP contribution in [-0.2, 0) is 30.2 Å². The van der Waals surface area contributed by atoms with E-state index in [1.807, 2.05) is 25.1 Å². The molecule has 1 aromatic rings. The third-order valence-corrected chi connectivity index (χ3v) is 4.33. The van der Waals surface area contributed by atoms with Crippen LogP contribution < -0.4 is 4.90 Å². The Kier molecular flexibility index (Phi) is 5.79. The summed E-state index contributed by atoms with van der Waals surface area (Å²) in [6.45, 7) is 2.19. The van der Waals surface area contributed by atoms with Crippen LogP contribution in [0.1, 0.15) is 12.5 Å². The second-order valence-electron chi connectivity index (χ2n) is 4.85. The first-order valence-electron chi connectivity index (χ1n) is 7.07. The van der Waals surface area contributed by atoms with E-state index in [4.69, 9.17) is 14.2 Å². The summed E-state index contributed by atoms with van der Waals surface area (Å²) in [5, 5.41) is 0. The Bertz CT molecular complexity index is 656. The second-order valence-corrected chi connectivity index (χ2v) is 5.70. The van der Waals surface area contributed by atoms with Crippen LogP contribution in [-0.4, -0.2) is 39.5 Å². The molecule has 0 saturated heterocycles. The molecule has 23 heavy (non-hydrogen) atoms. The molecule has 0 spiro atoms. The highest BCUT2D eigenvalue weighted by atomic mass is 79.9. The fourth-order valence-electron chi connectivity index (χ4n) is 2.35. The Morgan fingerprint density at radius 3 is 2.57 bits per heavy atom. The van der Waals surface area contributed by atoms with Crippen molar-refractivity contribution in [1.29, 1.82) is 0 Å². The highest BCUT2D eigenvalue weighted by Crippen LogP contribution is 2.30. The van der Waals surface area contributed by atoms with Crippen molar-refractivity contribution < 1.29 is 23.8 Å². The van der Waals surface area contributed by atoms with Crippen molar-refractivity contribution in [3.63, 3.8) is 0 Å². The van der Waals surface area contributed by atoms with E-state index in [0.717, 1.165) is 22.1 Å². The van der Waals surface area contributed by atoms with Crippen LogP contribution in [0.3, 0.4) is 0 Å². The second kappa shape index (κ2) is 7.61. The first kappa shape index (κ1) is 17.5. The molecule has 1 aliphatic rings. The van der Waals surface area contributed by atoms with Gasteiger partial charge in [-0.2, -0.15) is 0 Å². The van der Waals surface area contributed by atoms with Gasteiger partial charge < -0.3 is 19.1 Å². The summed E-state index contributed by atoms with van der Waals surface area (Å²) in [5.41, 5.74) is 2.12. The van der Waals surface area contributed by atoms with Crippen molar-refractivity contribution in [2.75, 3.05) is 32.5 Å². The number of carbonyl (C=O) groups is 2. The van der Waals surface area contributed by atoms with Gasteiger partial charge in [-0.05, 0) is 30.2 Å². The van der Waals surface area contributed by atoms with Gasteiger partial charge >= 0.3 is 11.9 Å². The number of benzene rings is 1. The largest absolute Gasteiger partial charge is 0.466 e. The monoisotopic (exact) mass is 383 g/mol. The smallest absolute Gasteiger partial charge is 0.355 e. The Morgan fingerprint density at radius 2 is 1.96 bits per heavy atom. The van der Waals surface area contributed by atoms with Gasteiger partial charge in [-0.1, -0.05) is 22.9 Å². The summed E-state index contributed by atoms with van der Waals surface area (Å²) in [6.07, 6.45) is 0.824. The fraction of sp³-hybridized carbons (Fsp3) is 0.375. The average Bonchev–Trinajstić information content (AvgIpc) is 2.60. The summed E-state index contributed by atoms with van der Waals surface area (Å²) in [7, 11) is 2.54. The molecule has 0 aromatic heterocycles. The van der Waals surface area contributed by atoms with Crippen molar-refractivity contribution in [3.8, 4) is 0 Å². The van der Waals surface area contributed by atoms with E-state index >= 15 is 0 Å². The molecule has 0 aliphatic carbocycles. The van der Waals surface area contributed by atoms with Gasteiger partial charge in [0.2, 0.25) is 0 Å². The summed E-state index contributed by atoms with van der Waals surface area (Å²) in [5.74, 6) is -1.21. The number of ether oxygens (including phenoxy) is 3. The molecular weight excluding hydrogens is 366 g/mol. The number of hydrogen-bond acceptors (Lipinski definition) is 6. The number of hydrogen-bond donors (Lipinski definition) is 0. The van der Waals surface area contributed by atoms with Crippen LogP contribution in [0.5, 0.6) is 0 Å². The van der Waals surface area contributed by atoms with E-state index in [0.29, 0.717) is 0 Å². The quantitative estimate of drug-likeness (QED) is 0.743. The number of nitrogens with zero attached hydrogens (tertiary/aromatic N) is 1. The van der Waals surface area contributed by atoms with Crippen molar-refractivity contribution in [3.05, 3.63) is 39.5 Å². The molecule has 0 radical (unpaired) electrons. The van der Waals surface area contributed by atoms with Crippen molar-refractivity contribution in [1.82, 2.24) is 0 Å². The summed E-state index contributed by atoms with van der Waals surface area (Å²) >= 11 is 3.49. The van der Waals surface area contributed by atoms with Crippen LogP contribution in [0, 0.1) is 0 Å². The van der Waals surface area contributed by atoms with E-state index < -0.39 is 11.9 Å². The molecule has 0 N–H and O–H groups in total. The highest BCUT2D eigenvalue weighted by molar-refractivity contribution is 9.10. The van der Waals surface area contributed by atoms with E-state index in [-0.39, 0.29) is 24.6 Å². The molecule has 2 rings (SSSR count). The number of esters is 2. The Morgan fingerprint density at radius 1 is 1.26 bits per heavy atom. The lowest BCUT2D eigenvalue weighted by molar-refractivity contribution is -0.140. The lowest BCUT2D eigenvalue weighted by Crippen LogP contribution is -2.38. The normalized spacial score (nSPS) is 14.7. The molecule has 1 aromatic carbocycles. The molecule has 0 atom stereocenters. The molecule has 0 unspecified atom stereocenters. The van der Waals surface area contributed by atoms with Crippen LogP contribution >= 0.6 is 15.9 Å². The van der Waals surface area contributed by atoms with E-state index in [1.54, 1.807) is 4.90 Å². The van der Waals surface area contributed by atoms with E-state index in [9.17, 15) is 9.59 Å². The minimum Gasteiger partial charge on any atom is -0.466 e. The SMILES string of the molecule is CCc1cc(N2COCC(C(=O)OC)=C2C(=O)OC)ccc1Br. The maximum atomic E-state index is 12.2. The molecule has 1 aliphatic heterocycles. The fourth-order valence-corrected chi connectivity index (χ4v) is 2.87. The number of carbonyl (C=O) groups excluding carboxylic acids is 2. The number of methoxy groups -OCH3 is 2. The molecule has 0 fully saturated rings. The van der Waals surface area contributed by atoms with Gasteiger partial charge in [0.1, 0.15) is 12.4 Å². The predicted molar refractivity (Wildman–Crippen MR) is 87.9 cm³/mol. The third-order valence-electron chi connectivity index (χ3n) is 3.55. The molecule has 124 valence electrons. The Balaban J connectivity index is 2.55. The molecule has 1 heterocycles. The zero-order chi connectivity index (χ0) is 17.0. The van der Waals surface area contributed by atoms with E-state index in [1.165, 1.54) is 14.2 Å². The van der Waals surface area contributed by atoms with Crippen LogP contribution in [0.25, 0.3) is 0 Å². The van der Waals surface area contributed by atoms with Gasteiger partial charge in [0.15, 0.2) is 0 Å². The number of halogens is 1. The molecule has 0 amide bonds. The first-order valence-corrected chi connectivity index (χ1v) is 7.86. The van der Waals surface area contributed by atoms with Gasteiger partial charge in [0.05, 0.1) is 26.4 Å². The maximum absolute atomic E-state index is 12.2. The summed E-state index contributed by atoms with van der Waals surface area (Å²) in [4.78, 5) is 25.8. The minimum atomic E-state index is -0.608. The molecule has 7 heteroatoms. The van der Waals surface area contributed by atoms with Gasteiger partial charge in [-0.15, -0.1) is 0 Å². The summed E-state index contributed by atoms with van der Waals surface area (Å²) < 4.78 is 16.0. The van der Waals surface area contributed by atoms with Crippen molar-refractivity contribution in [2.24, 2.45) is 0 Å². The highest BCUT2D eigenvalue weighted by Gasteiger charge is 2.32. The van der Waals surface area contributed by atoms with Gasteiger partial charge in [0.25, 0.3) is 0 Å². The first-order chi connectivity index (χ1) is 11.0. The molecule has 0 bridgehead atoms. The maximum Gasteiger partial charge on any atom is 0.355 e. The van der Waals surface area contributed by atoms with Crippen LogP contribution in [0.4, 0.5) is 5.69 Å². The van der Waals surface area contributed by atoms with Crippen molar-refractivity contribution in [2.45, 2.75) is 13.3 Å². The van der Waals surface area contributed by atoms with E-state index in [2.05, 4.69) is 15.9 Å². The van der Waals surface area contributed by atoms with Crippen LogP contribution in [0.15, 0.2) is 33.9 Å². The number of anilines is 1. The van der Waals surface area contributed by atoms with Crippen molar-refractivity contribution >= 4 is 33.6 Å². The molecule has 0 saturated carbocycles. The summed E-state index contributed by atoms with van der Waals surface area (Å²) in [6, 6.07) is 5.68. The number of rotatable bonds is 4. The lowest BCUT2D eigenvalue weighted by atomic mass is 10.1. The van der Waals surface area contributed by atoms with Crippen LogP contribution in [0.2, 0.25) is 0 Å². The third kappa shape index (κ3) is 3.56. The van der Waals surface area contributed by atoms with Gasteiger partial charge in [0, 0.05) is 10.2 Å². The minimum absolute atomic E-state index is 0.00473. The zero-order valence-electron chi connectivity index (χ0n) is 13.2. The zero-order valence-corrected chi connectivity index (χ0v) is 14.8. The predicted octanol–water partition coefficient (Wildman–Crippen LogP) is 2.41. The lowest BCUT2D eigenvalue weighted by Gasteiger charge is -2.31. The van der Waals surface area contributed by atoms with Gasteiger partial charge in [-0.25, -0.2) is 9.59 Å².